The molecule has 1 amide bonds. The lowest BCUT2D eigenvalue weighted by Gasteiger charge is -2.31. The summed E-state index contributed by atoms with van der Waals surface area (Å²) in [5.74, 6) is 2.02. The fraction of sp³-hybridized carbons (Fsp3) is 0.500. The van der Waals surface area contributed by atoms with Gasteiger partial charge in [0.1, 0.15) is 11.5 Å². The van der Waals surface area contributed by atoms with Crippen molar-refractivity contribution in [2.24, 2.45) is 5.92 Å². The van der Waals surface area contributed by atoms with Crippen molar-refractivity contribution in [1.82, 2.24) is 15.4 Å². The Kier molecular flexibility index (Phi) is 4.58. The van der Waals surface area contributed by atoms with Crippen molar-refractivity contribution < 1.29 is 13.7 Å². The summed E-state index contributed by atoms with van der Waals surface area (Å²) >= 11 is 0. The average molecular weight is 303 g/mol. The van der Waals surface area contributed by atoms with E-state index < -0.39 is 0 Å². The van der Waals surface area contributed by atoms with Crippen LogP contribution >= 0.6 is 0 Å². The predicted molar refractivity (Wildman–Crippen MR) is 80.3 cm³/mol. The average Bonchev–Trinajstić information content (AvgIpc) is 3.18. The molecule has 3 rings (SSSR count). The number of nitrogens with zero attached hydrogens (tertiary/aromatic N) is 2. The Morgan fingerprint density at radius 2 is 2.27 bits per heavy atom. The van der Waals surface area contributed by atoms with Gasteiger partial charge in [-0.3, -0.25) is 9.69 Å². The first-order chi connectivity index (χ1) is 10.7. The van der Waals surface area contributed by atoms with E-state index in [9.17, 15) is 4.79 Å². The van der Waals surface area contributed by atoms with E-state index in [-0.39, 0.29) is 5.91 Å². The van der Waals surface area contributed by atoms with Crippen LogP contribution in [0.5, 0.6) is 0 Å². The quantitative estimate of drug-likeness (QED) is 0.917. The molecular weight excluding hydrogens is 282 g/mol. The minimum absolute atomic E-state index is 0.158. The van der Waals surface area contributed by atoms with Crippen LogP contribution in [0.1, 0.15) is 34.9 Å². The molecule has 6 nitrogen and oxygen atoms in total. The molecule has 2 aromatic rings. The predicted octanol–water partition coefficient (Wildman–Crippen LogP) is 2.22. The van der Waals surface area contributed by atoms with Gasteiger partial charge in [0.15, 0.2) is 5.69 Å². The molecule has 1 fully saturated rings. The van der Waals surface area contributed by atoms with E-state index in [1.165, 1.54) is 0 Å². The number of nitrogens with one attached hydrogen (secondary N) is 1. The van der Waals surface area contributed by atoms with Gasteiger partial charge in [-0.2, -0.15) is 0 Å². The van der Waals surface area contributed by atoms with Gasteiger partial charge in [-0.15, -0.1) is 0 Å². The number of furan rings is 1. The number of aryl methyl sites for hydroxylation is 1. The van der Waals surface area contributed by atoms with Gasteiger partial charge in [0.05, 0.1) is 12.8 Å². The van der Waals surface area contributed by atoms with E-state index >= 15 is 0 Å². The first kappa shape index (κ1) is 14.8. The molecule has 0 aromatic carbocycles. The monoisotopic (exact) mass is 303 g/mol. The van der Waals surface area contributed by atoms with Gasteiger partial charge in [0.2, 0.25) is 0 Å². The lowest BCUT2D eigenvalue weighted by atomic mass is 9.96. The van der Waals surface area contributed by atoms with E-state index in [0.717, 1.165) is 38.2 Å². The third-order valence-electron chi connectivity index (χ3n) is 4.08. The standard InChI is InChI=1S/C16H21N3O3/c1-12-9-15(18-22-12)16(20)17-10-13-4-6-19(7-5-13)11-14-3-2-8-21-14/h2-3,8-9,13H,4-7,10-11H2,1H3,(H,17,20). The summed E-state index contributed by atoms with van der Waals surface area (Å²) in [5, 5.41) is 6.67. The number of aromatic nitrogens is 1. The molecule has 22 heavy (non-hydrogen) atoms. The van der Waals surface area contributed by atoms with Crippen molar-refractivity contribution >= 4 is 5.91 Å². The largest absolute Gasteiger partial charge is 0.468 e. The Morgan fingerprint density at radius 3 is 2.91 bits per heavy atom. The highest BCUT2D eigenvalue weighted by Gasteiger charge is 2.21. The molecule has 0 radical (unpaired) electrons. The molecule has 6 heteroatoms. The van der Waals surface area contributed by atoms with E-state index in [1.807, 2.05) is 12.1 Å². The SMILES string of the molecule is Cc1cc(C(=O)NCC2CCN(Cc3ccco3)CC2)no1. The molecule has 3 heterocycles. The molecule has 118 valence electrons. The zero-order valence-electron chi connectivity index (χ0n) is 12.7. The summed E-state index contributed by atoms with van der Waals surface area (Å²) in [7, 11) is 0. The maximum atomic E-state index is 11.9. The van der Waals surface area contributed by atoms with Crippen LogP contribution < -0.4 is 5.32 Å². The van der Waals surface area contributed by atoms with Gasteiger partial charge in [-0.1, -0.05) is 5.16 Å². The molecule has 0 unspecified atom stereocenters. The minimum atomic E-state index is -0.158. The zero-order chi connectivity index (χ0) is 15.4. The molecule has 1 N–H and O–H groups in total. The molecule has 0 bridgehead atoms. The Balaban J connectivity index is 1.39. The first-order valence-corrected chi connectivity index (χ1v) is 7.67. The van der Waals surface area contributed by atoms with Crippen LogP contribution in [0.4, 0.5) is 0 Å². The van der Waals surface area contributed by atoms with Crippen molar-refractivity contribution in [2.75, 3.05) is 19.6 Å². The van der Waals surface area contributed by atoms with E-state index in [2.05, 4.69) is 15.4 Å². The van der Waals surface area contributed by atoms with E-state index in [1.54, 1.807) is 19.3 Å². The van der Waals surface area contributed by atoms with Crippen molar-refractivity contribution in [3.63, 3.8) is 0 Å². The number of hydrogen-bond acceptors (Lipinski definition) is 5. The van der Waals surface area contributed by atoms with Crippen LogP contribution in [0.3, 0.4) is 0 Å². The highest BCUT2D eigenvalue weighted by atomic mass is 16.5. The highest BCUT2D eigenvalue weighted by Crippen LogP contribution is 2.18. The van der Waals surface area contributed by atoms with Crippen molar-refractivity contribution in [1.29, 1.82) is 0 Å². The van der Waals surface area contributed by atoms with Crippen molar-refractivity contribution in [3.05, 3.63) is 41.7 Å². The summed E-state index contributed by atoms with van der Waals surface area (Å²) in [6.07, 6.45) is 3.88. The summed E-state index contributed by atoms with van der Waals surface area (Å²) < 4.78 is 10.3. The van der Waals surface area contributed by atoms with Crippen molar-refractivity contribution in [3.8, 4) is 0 Å². The summed E-state index contributed by atoms with van der Waals surface area (Å²) in [6.45, 7) is 5.40. The Labute approximate surface area is 129 Å². The van der Waals surface area contributed by atoms with Crippen LogP contribution in [0.25, 0.3) is 0 Å². The van der Waals surface area contributed by atoms with Gasteiger partial charge < -0.3 is 14.3 Å². The molecule has 0 atom stereocenters. The fourth-order valence-corrected chi connectivity index (χ4v) is 2.77. The second-order valence-corrected chi connectivity index (χ2v) is 5.83. The number of amides is 1. The summed E-state index contributed by atoms with van der Waals surface area (Å²) in [4.78, 5) is 14.3. The molecule has 0 aliphatic carbocycles. The van der Waals surface area contributed by atoms with Crippen molar-refractivity contribution in [2.45, 2.75) is 26.3 Å². The number of piperidine rings is 1. The molecule has 0 saturated carbocycles. The topological polar surface area (TPSA) is 71.5 Å². The molecule has 1 saturated heterocycles. The lowest BCUT2D eigenvalue weighted by molar-refractivity contribution is 0.0925. The summed E-state index contributed by atoms with van der Waals surface area (Å²) in [6, 6.07) is 5.58. The number of rotatable bonds is 5. The summed E-state index contributed by atoms with van der Waals surface area (Å²) in [5.41, 5.74) is 0.354. The molecule has 2 aromatic heterocycles. The lowest BCUT2D eigenvalue weighted by Crippen LogP contribution is -2.38. The first-order valence-electron chi connectivity index (χ1n) is 7.67. The number of carbonyl (C=O) groups is 1. The maximum absolute atomic E-state index is 11.9. The fourth-order valence-electron chi connectivity index (χ4n) is 2.77. The van der Waals surface area contributed by atoms with E-state index in [0.29, 0.717) is 23.9 Å². The van der Waals surface area contributed by atoms with Gasteiger partial charge in [-0.25, -0.2) is 0 Å². The van der Waals surface area contributed by atoms with E-state index in [4.69, 9.17) is 8.94 Å². The number of likely N-dealkylation sites (tertiary alicyclic amines) is 1. The second-order valence-electron chi connectivity index (χ2n) is 5.83. The highest BCUT2D eigenvalue weighted by molar-refractivity contribution is 5.92. The van der Waals surface area contributed by atoms with Crippen LogP contribution in [0, 0.1) is 12.8 Å². The van der Waals surface area contributed by atoms with Crippen LogP contribution in [-0.4, -0.2) is 35.6 Å². The Hall–Kier alpha value is -2.08. The van der Waals surface area contributed by atoms with Gasteiger partial charge in [0.25, 0.3) is 5.91 Å². The number of hydrogen-bond donors (Lipinski definition) is 1. The van der Waals surface area contributed by atoms with Gasteiger partial charge in [0, 0.05) is 12.6 Å². The van der Waals surface area contributed by atoms with Crippen LogP contribution in [0.15, 0.2) is 33.4 Å². The molecule has 1 aliphatic heterocycles. The van der Waals surface area contributed by atoms with Gasteiger partial charge >= 0.3 is 0 Å². The molecular formula is C16H21N3O3. The normalized spacial score (nSPS) is 16.8. The third-order valence-corrected chi connectivity index (χ3v) is 4.08. The maximum Gasteiger partial charge on any atom is 0.273 e. The minimum Gasteiger partial charge on any atom is -0.468 e. The third kappa shape index (κ3) is 3.76. The smallest absolute Gasteiger partial charge is 0.273 e. The molecule has 1 aliphatic rings. The Bertz CT molecular complexity index is 598. The second kappa shape index (κ2) is 6.79. The number of carbonyl (C=O) groups excluding carboxylic acids is 1. The van der Waals surface area contributed by atoms with Crippen LogP contribution in [0.2, 0.25) is 0 Å². The Morgan fingerprint density at radius 1 is 1.45 bits per heavy atom. The van der Waals surface area contributed by atoms with Gasteiger partial charge in [-0.05, 0) is 50.9 Å². The molecule has 0 spiro atoms. The zero-order valence-corrected chi connectivity index (χ0v) is 12.7. The van der Waals surface area contributed by atoms with Crippen LogP contribution in [-0.2, 0) is 6.54 Å².